The third-order valence-corrected chi connectivity index (χ3v) is 2.87. The number of rotatable bonds is 5. The summed E-state index contributed by atoms with van der Waals surface area (Å²) >= 11 is 0. The van der Waals surface area contributed by atoms with Gasteiger partial charge in [0.2, 0.25) is 0 Å². The van der Waals surface area contributed by atoms with Crippen molar-refractivity contribution in [2.75, 3.05) is 6.54 Å². The van der Waals surface area contributed by atoms with Crippen LogP contribution in [0.25, 0.3) is 0 Å². The number of carboxylic acid groups (broad SMARTS) is 1. The minimum absolute atomic E-state index is 0.132. The summed E-state index contributed by atoms with van der Waals surface area (Å²) in [5.74, 6) is -1.98. The highest BCUT2D eigenvalue weighted by molar-refractivity contribution is 7.37. The van der Waals surface area contributed by atoms with Gasteiger partial charge >= 0.3 is 11.9 Å². The summed E-state index contributed by atoms with van der Waals surface area (Å²) in [6.07, 6.45) is 0.132. The summed E-state index contributed by atoms with van der Waals surface area (Å²) in [6, 6.07) is 0. The molecule has 0 aromatic heterocycles. The van der Waals surface area contributed by atoms with E-state index in [0.717, 1.165) is 0 Å². The fourth-order valence-electron chi connectivity index (χ4n) is 0.724. The van der Waals surface area contributed by atoms with Gasteiger partial charge in [-0.2, -0.15) is 0 Å². The summed E-state index contributed by atoms with van der Waals surface area (Å²) < 4.78 is 8.33. The molecule has 0 aliphatic carbocycles. The number of hydrogen-bond acceptors (Lipinski definition) is 5. The molecule has 0 heterocycles. The van der Waals surface area contributed by atoms with E-state index in [-0.39, 0.29) is 21.3 Å². The van der Waals surface area contributed by atoms with Crippen LogP contribution in [0.1, 0.15) is 13.3 Å². The number of nitrogens with two attached hydrogens (primary N) is 1. The van der Waals surface area contributed by atoms with Crippen molar-refractivity contribution in [1.82, 2.24) is 0 Å². The van der Waals surface area contributed by atoms with Crippen LogP contribution in [0, 0.1) is 0 Å². The molecule has 0 amide bonds. The van der Waals surface area contributed by atoms with Crippen molar-refractivity contribution in [2.24, 2.45) is 10.2 Å². The van der Waals surface area contributed by atoms with Gasteiger partial charge in [-0.3, -0.25) is 4.79 Å². The number of hydrogen-bond donors (Lipinski definition) is 2. The number of ether oxygens (including phenoxy) is 1. The lowest BCUT2D eigenvalue weighted by atomic mass is 10.2. The number of carbonyl (C=O) groups excluding carboxylic acids is 1. The highest BCUT2D eigenvalue weighted by atomic mass is 31.1. The van der Waals surface area contributed by atoms with Gasteiger partial charge in [-0.1, -0.05) is 6.92 Å². The Morgan fingerprint density at radius 1 is 1.71 bits per heavy atom. The highest BCUT2D eigenvalue weighted by Gasteiger charge is 2.40. The van der Waals surface area contributed by atoms with E-state index in [0.29, 0.717) is 0 Å². The standard InChI is InChI=1S/C6H12N2O4P2/c1-2-6(5(10)11,14-8-13)12-4(9)3-7/h2-3,7,13H2,1H3,(H,10,11). The molecule has 2 atom stereocenters. The summed E-state index contributed by atoms with van der Waals surface area (Å²) in [7, 11) is 2.17. The van der Waals surface area contributed by atoms with Crippen LogP contribution in [0.15, 0.2) is 4.52 Å². The van der Waals surface area contributed by atoms with Crippen molar-refractivity contribution in [1.29, 1.82) is 0 Å². The molecule has 0 spiro atoms. The van der Waals surface area contributed by atoms with Crippen LogP contribution in [0.5, 0.6) is 0 Å². The monoisotopic (exact) mass is 238 g/mol. The van der Waals surface area contributed by atoms with Crippen molar-refractivity contribution in [3.05, 3.63) is 0 Å². The summed E-state index contributed by atoms with van der Waals surface area (Å²) in [5.41, 5.74) is 5.02. The first-order valence-electron chi connectivity index (χ1n) is 3.79. The largest absolute Gasteiger partial charge is 0.478 e. The topological polar surface area (TPSA) is 102 Å². The van der Waals surface area contributed by atoms with Crippen LogP contribution >= 0.6 is 17.8 Å². The maximum absolute atomic E-state index is 10.9. The van der Waals surface area contributed by atoms with Gasteiger partial charge in [0.05, 0.1) is 14.9 Å². The Bertz CT molecular complexity index is 258. The molecule has 80 valence electrons. The zero-order chi connectivity index (χ0) is 11.2. The van der Waals surface area contributed by atoms with Crippen LogP contribution in [0.4, 0.5) is 0 Å². The first kappa shape index (κ1) is 13.4. The van der Waals surface area contributed by atoms with Crippen LogP contribution in [-0.4, -0.2) is 28.9 Å². The Balaban J connectivity index is 4.85. The van der Waals surface area contributed by atoms with Gasteiger partial charge in [0.15, 0.2) is 0 Å². The second-order valence-electron chi connectivity index (χ2n) is 2.34. The Labute approximate surface area is 85.3 Å². The van der Waals surface area contributed by atoms with Gasteiger partial charge in [-0.05, 0) is 9.39 Å². The molecule has 0 bridgehead atoms. The molecule has 0 saturated heterocycles. The summed E-state index contributed by atoms with van der Waals surface area (Å²) in [4.78, 5) is 21.8. The Kier molecular flexibility index (Phi) is 5.77. The predicted octanol–water partition coefficient (Wildman–Crippen LogP) is 0.599. The molecule has 0 fully saturated rings. The molecule has 14 heavy (non-hydrogen) atoms. The molecule has 0 radical (unpaired) electrons. The summed E-state index contributed by atoms with van der Waals surface area (Å²) in [6.45, 7) is 1.25. The van der Waals surface area contributed by atoms with E-state index < -0.39 is 17.3 Å². The molecular formula is C6H12N2O4P2. The summed E-state index contributed by atoms with van der Waals surface area (Å²) in [5, 5.41) is 7.29. The van der Waals surface area contributed by atoms with E-state index in [1.807, 2.05) is 9.39 Å². The lowest BCUT2D eigenvalue weighted by molar-refractivity contribution is -0.167. The average Bonchev–Trinajstić information content (AvgIpc) is 2.16. The molecule has 0 aliphatic heterocycles. The van der Waals surface area contributed by atoms with E-state index in [4.69, 9.17) is 15.6 Å². The van der Waals surface area contributed by atoms with Crippen LogP contribution in [0.3, 0.4) is 0 Å². The Morgan fingerprint density at radius 3 is 2.57 bits per heavy atom. The number of carbonyl (C=O) groups is 2. The van der Waals surface area contributed by atoms with Gasteiger partial charge in [0, 0.05) is 6.42 Å². The lowest BCUT2D eigenvalue weighted by Crippen LogP contribution is -2.39. The lowest BCUT2D eigenvalue weighted by Gasteiger charge is -2.22. The molecule has 6 nitrogen and oxygen atoms in total. The zero-order valence-corrected chi connectivity index (χ0v) is 9.68. The average molecular weight is 238 g/mol. The molecule has 8 heteroatoms. The minimum Gasteiger partial charge on any atom is -0.478 e. The van der Waals surface area contributed by atoms with E-state index in [1.54, 1.807) is 6.92 Å². The van der Waals surface area contributed by atoms with E-state index in [9.17, 15) is 9.59 Å². The van der Waals surface area contributed by atoms with Gasteiger partial charge in [0.25, 0.3) is 5.34 Å². The molecule has 0 aromatic carbocycles. The first-order valence-corrected chi connectivity index (χ1v) is 5.16. The van der Waals surface area contributed by atoms with Crippen molar-refractivity contribution < 1.29 is 19.4 Å². The van der Waals surface area contributed by atoms with Gasteiger partial charge in [0.1, 0.15) is 0 Å². The SMILES string of the molecule is CCC(OC(=O)CN)(P=NP)C(=O)O. The molecular weight excluding hydrogens is 226 g/mol. The Hall–Kier alpha value is -0.570. The van der Waals surface area contributed by atoms with Gasteiger partial charge in [-0.25, -0.2) is 9.31 Å². The van der Waals surface area contributed by atoms with Gasteiger partial charge < -0.3 is 15.6 Å². The van der Waals surface area contributed by atoms with Gasteiger partial charge in [-0.15, -0.1) is 0 Å². The third kappa shape index (κ3) is 3.29. The molecule has 3 N–H and O–H groups in total. The number of carboxylic acids is 1. The van der Waals surface area contributed by atoms with E-state index in [2.05, 4.69) is 4.52 Å². The first-order chi connectivity index (χ1) is 6.52. The van der Waals surface area contributed by atoms with Crippen LogP contribution in [-0.2, 0) is 14.3 Å². The predicted molar refractivity (Wildman–Crippen MR) is 54.9 cm³/mol. The molecule has 0 aliphatic rings. The maximum atomic E-state index is 10.9. The van der Waals surface area contributed by atoms with Crippen molar-refractivity contribution in [3.8, 4) is 0 Å². The highest BCUT2D eigenvalue weighted by Crippen LogP contribution is 2.32. The fraction of sp³-hybridized carbons (Fsp3) is 0.667. The van der Waals surface area contributed by atoms with E-state index >= 15 is 0 Å². The maximum Gasteiger partial charge on any atom is 0.358 e. The van der Waals surface area contributed by atoms with Crippen molar-refractivity contribution in [2.45, 2.75) is 18.7 Å². The molecule has 0 aromatic rings. The normalized spacial score (nSPS) is 15.1. The molecule has 0 rings (SSSR count). The van der Waals surface area contributed by atoms with Crippen molar-refractivity contribution in [3.63, 3.8) is 0 Å². The molecule has 0 saturated carbocycles. The van der Waals surface area contributed by atoms with Crippen LogP contribution < -0.4 is 5.73 Å². The minimum atomic E-state index is -1.61. The number of nitrogens with zero attached hydrogens (tertiary/aromatic N) is 1. The quantitative estimate of drug-likeness (QED) is 0.539. The zero-order valence-electron chi connectivity index (χ0n) is 7.64. The number of aliphatic carboxylic acids is 1. The smallest absolute Gasteiger partial charge is 0.358 e. The Morgan fingerprint density at radius 2 is 2.29 bits per heavy atom. The molecule has 2 unspecified atom stereocenters. The number of esters is 1. The second-order valence-corrected chi connectivity index (χ2v) is 4.18. The van der Waals surface area contributed by atoms with Crippen molar-refractivity contribution >= 4 is 29.7 Å². The third-order valence-electron chi connectivity index (χ3n) is 1.48. The van der Waals surface area contributed by atoms with Crippen LogP contribution in [0.2, 0.25) is 0 Å². The second kappa shape index (κ2) is 6.02. The fourth-order valence-corrected chi connectivity index (χ4v) is 1.84. The van der Waals surface area contributed by atoms with E-state index in [1.165, 1.54) is 0 Å².